The van der Waals surface area contributed by atoms with Crippen LogP contribution in [-0.4, -0.2) is 58.1 Å². The fourth-order valence-corrected chi connectivity index (χ4v) is 3.25. The lowest BCUT2D eigenvalue weighted by atomic mass is 9.99. The maximum atomic E-state index is 12.8. The third kappa shape index (κ3) is 6.06. The summed E-state index contributed by atoms with van der Waals surface area (Å²) < 4.78 is 11.2. The van der Waals surface area contributed by atoms with Gasteiger partial charge in [0.05, 0.1) is 24.4 Å². The number of rotatable bonds is 4. The number of carbonyl (C=O) groups is 3. The van der Waals surface area contributed by atoms with Gasteiger partial charge in [0.15, 0.2) is 0 Å². The van der Waals surface area contributed by atoms with E-state index in [0.29, 0.717) is 4.47 Å². The summed E-state index contributed by atoms with van der Waals surface area (Å²) >= 11 is 3.25. The van der Waals surface area contributed by atoms with Gasteiger partial charge in [-0.25, -0.2) is 14.6 Å². The van der Waals surface area contributed by atoms with Crippen molar-refractivity contribution in [1.29, 1.82) is 5.41 Å². The monoisotopic (exact) mass is 509 g/mol. The number of nitrogens with one attached hydrogen (secondary N) is 3. The summed E-state index contributed by atoms with van der Waals surface area (Å²) in [4.78, 5) is 42.9. The molecule has 0 saturated heterocycles. The van der Waals surface area contributed by atoms with Gasteiger partial charge >= 0.3 is 12.2 Å². The van der Waals surface area contributed by atoms with Gasteiger partial charge in [0.1, 0.15) is 17.1 Å². The fourth-order valence-electron chi connectivity index (χ4n) is 3.01. The topological polar surface area (TPSA) is 134 Å². The molecule has 2 heterocycles. The summed E-state index contributed by atoms with van der Waals surface area (Å²) in [6.45, 7) is 10.4. The molecule has 0 unspecified atom stereocenters. The molecule has 0 atom stereocenters. The first-order chi connectivity index (χ1) is 14.8. The van der Waals surface area contributed by atoms with E-state index in [9.17, 15) is 14.4 Å². The molecule has 0 spiro atoms. The van der Waals surface area contributed by atoms with Crippen LogP contribution in [0.25, 0.3) is 0 Å². The SMILES string of the molecule is CCOC(=O)NC1=C(C(=N)NC(=O)c2ccc(Br)cn2)CN(C(=O)OC(C)(C)C)C1(C)C. The number of nitrogens with zero attached hydrogens (tertiary/aromatic N) is 2. The van der Waals surface area contributed by atoms with E-state index in [4.69, 9.17) is 14.9 Å². The number of carbonyl (C=O) groups excluding carboxylic acids is 3. The van der Waals surface area contributed by atoms with Crippen molar-refractivity contribution in [2.45, 2.75) is 52.7 Å². The van der Waals surface area contributed by atoms with E-state index in [1.165, 1.54) is 17.2 Å². The van der Waals surface area contributed by atoms with E-state index in [-0.39, 0.29) is 36.0 Å². The van der Waals surface area contributed by atoms with Crippen LogP contribution in [0.3, 0.4) is 0 Å². The van der Waals surface area contributed by atoms with Crippen molar-refractivity contribution in [3.05, 3.63) is 39.8 Å². The van der Waals surface area contributed by atoms with Crippen LogP contribution in [0, 0.1) is 5.41 Å². The van der Waals surface area contributed by atoms with Crippen molar-refractivity contribution in [3.8, 4) is 0 Å². The quantitative estimate of drug-likeness (QED) is 0.419. The highest BCUT2D eigenvalue weighted by Gasteiger charge is 2.46. The molecule has 0 radical (unpaired) electrons. The van der Waals surface area contributed by atoms with Crippen LogP contribution in [0.2, 0.25) is 0 Å². The fraction of sp³-hybridized carbons (Fsp3) is 0.476. The summed E-state index contributed by atoms with van der Waals surface area (Å²) in [5.74, 6) is -0.871. The first kappa shape index (κ1) is 25.3. The van der Waals surface area contributed by atoms with E-state index in [0.717, 1.165) is 0 Å². The predicted molar refractivity (Wildman–Crippen MR) is 121 cm³/mol. The van der Waals surface area contributed by atoms with E-state index >= 15 is 0 Å². The third-order valence-electron chi connectivity index (χ3n) is 4.52. The Balaban J connectivity index is 2.35. The smallest absolute Gasteiger partial charge is 0.411 e. The molecule has 32 heavy (non-hydrogen) atoms. The molecule has 1 aliphatic rings. The number of amidine groups is 1. The highest BCUT2D eigenvalue weighted by atomic mass is 79.9. The molecule has 1 aliphatic heterocycles. The molecule has 0 bridgehead atoms. The maximum Gasteiger partial charge on any atom is 0.411 e. The van der Waals surface area contributed by atoms with Crippen LogP contribution in [0.1, 0.15) is 52.0 Å². The minimum atomic E-state index is -1.04. The maximum absolute atomic E-state index is 12.8. The molecule has 2 rings (SSSR count). The summed E-state index contributed by atoms with van der Waals surface area (Å²) in [6.07, 6.45) is 0.122. The Morgan fingerprint density at radius 3 is 2.47 bits per heavy atom. The largest absolute Gasteiger partial charge is 0.450 e. The van der Waals surface area contributed by atoms with Crippen LogP contribution >= 0.6 is 15.9 Å². The molecule has 0 aliphatic carbocycles. The molecule has 0 aromatic carbocycles. The van der Waals surface area contributed by atoms with Crippen molar-refractivity contribution >= 4 is 39.9 Å². The number of pyridine rings is 1. The van der Waals surface area contributed by atoms with Gasteiger partial charge in [0.25, 0.3) is 5.91 Å². The van der Waals surface area contributed by atoms with Crippen molar-refractivity contribution in [2.75, 3.05) is 13.2 Å². The highest BCUT2D eigenvalue weighted by molar-refractivity contribution is 9.10. The Hall–Kier alpha value is -2.95. The molecule has 1 aromatic heterocycles. The van der Waals surface area contributed by atoms with E-state index < -0.39 is 29.2 Å². The van der Waals surface area contributed by atoms with Crippen LogP contribution in [0.4, 0.5) is 9.59 Å². The molecule has 0 fully saturated rings. The molecule has 1 aromatic rings. The summed E-state index contributed by atoms with van der Waals surface area (Å²) in [5.41, 5.74) is -1.16. The second kappa shape index (κ2) is 9.68. The zero-order valence-corrected chi connectivity index (χ0v) is 20.5. The number of aromatic nitrogens is 1. The van der Waals surface area contributed by atoms with E-state index in [1.54, 1.807) is 47.6 Å². The Kier molecular flexibility index (Phi) is 7.66. The Labute approximate surface area is 195 Å². The second-order valence-corrected chi connectivity index (χ2v) is 9.43. The van der Waals surface area contributed by atoms with Gasteiger partial charge in [-0.3, -0.25) is 20.4 Å². The summed E-state index contributed by atoms with van der Waals surface area (Å²) in [6, 6.07) is 3.16. The minimum Gasteiger partial charge on any atom is -0.450 e. The van der Waals surface area contributed by atoms with Crippen molar-refractivity contribution in [1.82, 2.24) is 20.5 Å². The van der Waals surface area contributed by atoms with Gasteiger partial charge < -0.3 is 14.8 Å². The zero-order chi connectivity index (χ0) is 24.3. The van der Waals surface area contributed by atoms with Crippen molar-refractivity contribution < 1.29 is 23.9 Å². The number of hydrogen-bond donors (Lipinski definition) is 3. The molecular formula is C21H28BrN5O5. The normalized spacial score (nSPS) is 15.3. The number of halogens is 1. The van der Waals surface area contributed by atoms with Crippen LogP contribution in [0.15, 0.2) is 34.1 Å². The van der Waals surface area contributed by atoms with Gasteiger partial charge in [-0.05, 0) is 69.6 Å². The Morgan fingerprint density at radius 1 is 1.28 bits per heavy atom. The van der Waals surface area contributed by atoms with Gasteiger partial charge in [0, 0.05) is 16.2 Å². The lowest BCUT2D eigenvalue weighted by molar-refractivity contribution is 0.0145. The first-order valence-corrected chi connectivity index (χ1v) is 10.8. The molecule has 3 N–H and O–H groups in total. The lowest BCUT2D eigenvalue weighted by Crippen LogP contribution is -2.50. The number of hydrogen-bond acceptors (Lipinski definition) is 7. The Morgan fingerprint density at radius 2 is 1.94 bits per heavy atom. The van der Waals surface area contributed by atoms with Gasteiger partial charge in [-0.2, -0.15) is 0 Å². The van der Waals surface area contributed by atoms with E-state index in [2.05, 4.69) is 31.5 Å². The van der Waals surface area contributed by atoms with Crippen LogP contribution < -0.4 is 10.6 Å². The number of ether oxygens (including phenoxy) is 2. The van der Waals surface area contributed by atoms with Crippen molar-refractivity contribution in [3.63, 3.8) is 0 Å². The average Bonchev–Trinajstić information content (AvgIpc) is 2.92. The molecule has 11 heteroatoms. The highest BCUT2D eigenvalue weighted by Crippen LogP contribution is 2.34. The zero-order valence-electron chi connectivity index (χ0n) is 19.0. The Bertz CT molecular complexity index is 950. The third-order valence-corrected chi connectivity index (χ3v) is 4.99. The minimum absolute atomic E-state index is 0.0590. The van der Waals surface area contributed by atoms with Gasteiger partial charge in [-0.15, -0.1) is 0 Å². The van der Waals surface area contributed by atoms with Crippen LogP contribution in [-0.2, 0) is 9.47 Å². The molecule has 0 saturated carbocycles. The molecule has 3 amide bonds. The number of amides is 3. The molecular weight excluding hydrogens is 482 g/mol. The molecule has 174 valence electrons. The predicted octanol–water partition coefficient (Wildman–Crippen LogP) is 3.58. The average molecular weight is 510 g/mol. The standard InChI is InChI=1S/C21H28BrN5O5/c1-7-31-18(29)25-15-13(11-27(21(15,5)6)19(30)32-20(2,3)4)16(23)26-17(28)14-9-8-12(22)10-24-14/h8-10H,7,11H2,1-6H3,(H,25,29)(H2,23,26,28). The number of alkyl carbamates (subject to hydrolysis) is 1. The van der Waals surface area contributed by atoms with Crippen molar-refractivity contribution in [2.24, 2.45) is 0 Å². The summed E-state index contributed by atoms with van der Waals surface area (Å²) in [5, 5.41) is 13.6. The molecule has 10 nitrogen and oxygen atoms in total. The summed E-state index contributed by atoms with van der Waals surface area (Å²) in [7, 11) is 0. The first-order valence-electron chi connectivity index (χ1n) is 9.96. The van der Waals surface area contributed by atoms with Crippen LogP contribution in [0.5, 0.6) is 0 Å². The van der Waals surface area contributed by atoms with Gasteiger partial charge in [0.2, 0.25) is 0 Å². The van der Waals surface area contributed by atoms with Gasteiger partial charge in [-0.1, -0.05) is 0 Å². The van der Waals surface area contributed by atoms with E-state index in [1.807, 2.05) is 0 Å². The second-order valence-electron chi connectivity index (χ2n) is 8.52. The lowest BCUT2D eigenvalue weighted by Gasteiger charge is -2.35.